The third-order valence-electron chi connectivity index (χ3n) is 10.2. The minimum Gasteiger partial charge on any atom is -0.310 e. The molecule has 2 heteroatoms. The van der Waals surface area contributed by atoms with E-state index in [2.05, 4.69) is 208 Å². The lowest BCUT2D eigenvalue weighted by molar-refractivity contribution is 0.590. The van der Waals surface area contributed by atoms with Crippen LogP contribution in [-0.4, -0.2) is 0 Å². The van der Waals surface area contributed by atoms with E-state index in [1.807, 2.05) is 0 Å². The summed E-state index contributed by atoms with van der Waals surface area (Å²) >= 11 is 0. The Kier molecular flexibility index (Phi) is 7.41. The van der Waals surface area contributed by atoms with E-state index < -0.39 is 0 Å². The SMILES string of the molecule is CC(C)(C)c1cccc(N(c2ccccc2)c2ccc3c(c2)C(C)(C)c2cc(N(c4ccccc4)c4ccccc4)c4ccccc4c2-3)c1. The van der Waals surface area contributed by atoms with E-state index in [-0.39, 0.29) is 10.8 Å². The van der Waals surface area contributed by atoms with Crippen LogP contribution in [0.4, 0.5) is 34.1 Å². The van der Waals surface area contributed by atoms with E-state index >= 15 is 0 Å². The Balaban J connectivity index is 1.33. The van der Waals surface area contributed by atoms with Gasteiger partial charge in [0, 0.05) is 39.2 Å². The molecule has 0 spiro atoms. The maximum Gasteiger partial charge on any atom is 0.0543 e. The largest absolute Gasteiger partial charge is 0.310 e. The molecule has 0 aromatic heterocycles. The van der Waals surface area contributed by atoms with Gasteiger partial charge in [0.15, 0.2) is 0 Å². The first-order chi connectivity index (χ1) is 23.7. The smallest absolute Gasteiger partial charge is 0.0543 e. The summed E-state index contributed by atoms with van der Waals surface area (Å²) in [5, 5.41) is 2.52. The average molecular weight is 635 g/mol. The molecule has 0 radical (unpaired) electrons. The highest BCUT2D eigenvalue weighted by atomic mass is 15.1. The summed E-state index contributed by atoms with van der Waals surface area (Å²) in [5.74, 6) is 0. The molecule has 7 aromatic carbocycles. The Morgan fingerprint density at radius 3 is 1.53 bits per heavy atom. The minimum absolute atomic E-state index is 0.0477. The molecule has 0 atom stereocenters. The average Bonchev–Trinajstić information content (AvgIpc) is 3.35. The molecule has 0 bridgehead atoms. The number of fused-ring (bicyclic) bond motifs is 5. The molecule has 0 saturated heterocycles. The fourth-order valence-electron chi connectivity index (χ4n) is 7.59. The van der Waals surface area contributed by atoms with E-state index in [4.69, 9.17) is 0 Å². The van der Waals surface area contributed by atoms with Crippen molar-refractivity contribution in [2.24, 2.45) is 0 Å². The van der Waals surface area contributed by atoms with Crippen molar-refractivity contribution >= 4 is 44.9 Å². The summed E-state index contributed by atoms with van der Waals surface area (Å²) in [7, 11) is 0. The predicted molar refractivity (Wildman–Crippen MR) is 210 cm³/mol. The molecular formula is C47H42N2. The quantitative estimate of drug-likeness (QED) is 0.180. The molecule has 1 aliphatic rings. The number of nitrogens with zero attached hydrogens (tertiary/aromatic N) is 2. The third-order valence-corrected chi connectivity index (χ3v) is 10.2. The first-order valence-electron chi connectivity index (χ1n) is 17.3. The van der Waals surface area contributed by atoms with Gasteiger partial charge in [-0.25, -0.2) is 0 Å². The zero-order valence-corrected chi connectivity index (χ0v) is 29.0. The van der Waals surface area contributed by atoms with Crippen molar-refractivity contribution in [2.75, 3.05) is 9.80 Å². The Morgan fingerprint density at radius 1 is 0.429 bits per heavy atom. The molecule has 1 aliphatic carbocycles. The van der Waals surface area contributed by atoms with Gasteiger partial charge >= 0.3 is 0 Å². The van der Waals surface area contributed by atoms with Crippen molar-refractivity contribution in [2.45, 2.75) is 45.4 Å². The molecule has 49 heavy (non-hydrogen) atoms. The van der Waals surface area contributed by atoms with Crippen LogP contribution in [0.15, 0.2) is 164 Å². The number of benzene rings is 7. The molecule has 2 nitrogen and oxygen atoms in total. The lowest BCUT2D eigenvalue weighted by Crippen LogP contribution is -2.18. The van der Waals surface area contributed by atoms with Crippen LogP contribution in [0.5, 0.6) is 0 Å². The molecule has 0 heterocycles. The van der Waals surface area contributed by atoms with Crippen LogP contribution < -0.4 is 9.80 Å². The Labute approximate surface area is 290 Å². The summed E-state index contributed by atoms with van der Waals surface area (Å²) in [6.45, 7) is 11.6. The van der Waals surface area contributed by atoms with Crippen molar-refractivity contribution in [3.63, 3.8) is 0 Å². The van der Waals surface area contributed by atoms with E-state index in [0.29, 0.717) is 0 Å². The monoisotopic (exact) mass is 634 g/mol. The van der Waals surface area contributed by atoms with Crippen molar-refractivity contribution in [1.82, 2.24) is 0 Å². The van der Waals surface area contributed by atoms with Crippen LogP contribution in [0.2, 0.25) is 0 Å². The second-order valence-corrected chi connectivity index (χ2v) is 14.7. The molecule has 0 unspecified atom stereocenters. The second kappa shape index (κ2) is 11.8. The van der Waals surface area contributed by atoms with Crippen molar-refractivity contribution in [1.29, 1.82) is 0 Å². The predicted octanol–water partition coefficient (Wildman–Crippen LogP) is 13.4. The van der Waals surface area contributed by atoms with Gasteiger partial charge in [0.1, 0.15) is 0 Å². The molecule has 240 valence electrons. The number of anilines is 6. The maximum atomic E-state index is 2.46. The van der Waals surface area contributed by atoms with Gasteiger partial charge in [-0.05, 0) is 105 Å². The van der Waals surface area contributed by atoms with E-state index in [0.717, 1.165) is 22.7 Å². The molecule has 0 amide bonds. The highest BCUT2D eigenvalue weighted by Crippen LogP contribution is 2.55. The lowest BCUT2D eigenvalue weighted by atomic mass is 9.81. The normalized spacial score (nSPS) is 13.2. The number of hydrogen-bond donors (Lipinski definition) is 0. The molecule has 0 N–H and O–H groups in total. The fraction of sp³-hybridized carbons (Fsp3) is 0.149. The van der Waals surface area contributed by atoms with E-state index in [1.54, 1.807) is 0 Å². The maximum absolute atomic E-state index is 2.46. The van der Waals surface area contributed by atoms with Gasteiger partial charge in [-0.1, -0.05) is 132 Å². The Bertz CT molecular complexity index is 2240. The second-order valence-electron chi connectivity index (χ2n) is 14.7. The van der Waals surface area contributed by atoms with Crippen LogP contribution in [0.3, 0.4) is 0 Å². The fourth-order valence-corrected chi connectivity index (χ4v) is 7.59. The van der Waals surface area contributed by atoms with Gasteiger partial charge in [-0.2, -0.15) is 0 Å². The van der Waals surface area contributed by atoms with Gasteiger partial charge in [-0.15, -0.1) is 0 Å². The van der Waals surface area contributed by atoms with Crippen molar-refractivity contribution < 1.29 is 0 Å². The minimum atomic E-state index is -0.228. The molecule has 8 rings (SSSR count). The third kappa shape index (κ3) is 5.29. The van der Waals surface area contributed by atoms with E-state index in [1.165, 1.54) is 50.0 Å². The van der Waals surface area contributed by atoms with Gasteiger partial charge in [0.25, 0.3) is 0 Å². The molecule has 7 aromatic rings. The Morgan fingerprint density at radius 2 is 0.939 bits per heavy atom. The van der Waals surface area contributed by atoms with Crippen molar-refractivity contribution in [3.05, 3.63) is 180 Å². The molecule has 0 fully saturated rings. The summed E-state index contributed by atoms with van der Waals surface area (Å²) in [6, 6.07) is 59.7. The summed E-state index contributed by atoms with van der Waals surface area (Å²) in [5.41, 5.74) is 13.5. The van der Waals surface area contributed by atoms with Crippen LogP contribution >= 0.6 is 0 Å². The van der Waals surface area contributed by atoms with E-state index in [9.17, 15) is 0 Å². The Hall–Kier alpha value is -5.60. The van der Waals surface area contributed by atoms with Crippen LogP contribution in [-0.2, 0) is 10.8 Å². The zero-order chi connectivity index (χ0) is 33.8. The standard InChI is InChI=1S/C47H42N2/c1-46(2,3)33-18-17-25-37(30-33)48(34-19-9-6-10-20-34)38-28-29-41-42(31-38)47(4,5)43-32-44(39-26-15-16-27-40(39)45(41)43)49(35-21-11-7-12-22-35)36-23-13-8-14-24-36/h6-32H,1-5H3. The molecule has 0 aliphatic heterocycles. The topological polar surface area (TPSA) is 6.48 Å². The summed E-state index contributed by atoms with van der Waals surface area (Å²) < 4.78 is 0. The summed E-state index contributed by atoms with van der Waals surface area (Å²) in [4.78, 5) is 4.82. The number of rotatable bonds is 6. The summed E-state index contributed by atoms with van der Waals surface area (Å²) in [6.07, 6.45) is 0. The van der Waals surface area contributed by atoms with Gasteiger partial charge < -0.3 is 9.80 Å². The van der Waals surface area contributed by atoms with Crippen LogP contribution in [0, 0.1) is 0 Å². The van der Waals surface area contributed by atoms with Crippen LogP contribution in [0.1, 0.15) is 51.3 Å². The zero-order valence-electron chi connectivity index (χ0n) is 29.0. The van der Waals surface area contributed by atoms with Gasteiger partial charge in [0.2, 0.25) is 0 Å². The lowest BCUT2D eigenvalue weighted by Gasteiger charge is -2.30. The van der Waals surface area contributed by atoms with Crippen molar-refractivity contribution in [3.8, 4) is 11.1 Å². The highest BCUT2D eigenvalue weighted by molar-refractivity contribution is 6.10. The molecule has 0 saturated carbocycles. The first-order valence-corrected chi connectivity index (χ1v) is 17.3. The van der Waals surface area contributed by atoms with Crippen LogP contribution in [0.25, 0.3) is 21.9 Å². The van der Waals surface area contributed by atoms with Gasteiger partial charge in [-0.3, -0.25) is 0 Å². The first kappa shape index (κ1) is 30.7. The highest BCUT2D eigenvalue weighted by Gasteiger charge is 2.38. The number of para-hydroxylation sites is 3. The molecular weight excluding hydrogens is 593 g/mol. The number of hydrogen-bond acceptors (Lipinski definition) is 2. The van der Waals surface area contributed by atoms with Gasteiger partial charge in [0.05, 0.1) is 5.69 Å².